The molecule has 2 aromatic carbocycles. The van der Waals surface area contributed by atoms with Gasteiger partial charge in [-0.2, -0.15) is 13.2 Å². The largest absolute Gasteiger partial charge is 0.488 e. The summed E-state index contributed by atoms with van der Waals surface area (Å²) in [6.45, 7) is 6.22. The molecule has 1 unspecified atom stereocenters. The molecule has 0 radical (unpaired) electrons. The molecule has 1 aliphatic rings. The molecule has 0 spiro atoms. The van der Waals surface area contributed by atoms with Crippen LogP contribution in [0.4, 0.5) is 26.3 Å². The van der Waals surface area contributed by atoms with Crippen molar-refractivity contribution < 1.29 is 34.8 Å². The van der Waals surface area contributed by atoms with Crippen molar-refractivity contribution in [3.8, 4) is 11.3 Å². The number of rotatable bonds is 5. The second-order valence-electron chi connectivity index (χ2n) is 10.2. The number of nitrogens with zero attached hydrogens (tertiary/aromatic N) is 4. The zero-order chi connectivity index (χ0) is 29.7. The molecule has 0 fully saturated rings. The van der Waals surface area contributed by atoms with Crippen molar-refractivity contribution in [2.24, 2.45) is 4.99 Å². The third-order valence-corrected chi connectivity index (χ3v) is 7.55. The first kappa shape index (κ1) is 29.3. The second kappa shape index (κ2) is 10.1. The van der Waals surface area contributed by atoms with Gasteiger partial charge in [0.25, 0.3) is 0 Å². The first-order valence-corrected chi connectivity index (χ1v) is 13.3. The number of hydrogen-bond acceptors (Lipinski definition) is 5. The highest BCUT2D eigenvalue weighted by atomic mass is 32.2. The lowest BCUT2D eigenvalue weighted by atomic mass is 10.0. The summed E-state index contributed by atoms with van der Waals surface area (Å²) in [4.78, 5) is 8.08. The summed E-state index contributed by atoms with van der Waals surface area (Å²) in [7, 11) is -3.89. The number of nitrogens with one attached hydrogen (secondary N) is 1. The van der Waals surface area contributed by atoms with Crippen LogP contribution in [-0.2, 0) is 16.2 Å². The highest BCUT2D eigenvalue weighted by molar-refractivity contribution is 7.89. The maximum Gasteiger partial charge on any atom is 0.488 e. The fourth-order valence-corrected chi connectivity index (χ4v) is 5.68. The van der Waals surface area contributed by atoms with Crippen LogP contribution in [0.2, 0.25) is 0 Å². The van der Waals surface area contributed by atoms with E-state index in [9.17, 15) is 34.8 Å². The lowest BCUT2D eigenvalue weighted by Crippen LogP contribution is -2.42. The molecule has 0 aliphatic carbocycles. The summed E-state index contributed by atoms with van der Waals surface area (Å²) in [6.07, 6.45) is -6.71. The van der Waals surface area contributed by atoms with Crippen LogP contribution in [0.5, 0.6) is 0 Å². The van der Waals surface area contributed by atoms with Crippen LogP contribution in [0, 0.1) is 6.92 Å². The lowest BCUT2D eigenvalue weighted by Gasteiger charge is -2.36. The lowest BCUT2D eigenvalue weighted by molar-refractivity contribution is -0.242. The summed E-state index contributed by atoms with van der Waals surface area (Å²) < 4.78 is 112. The van der Waals surface area contributed by atoms with Gasteiger partial charge >= 0.3 is 12.5 Å². The molecule has 2 heterocycles. The Balaban J connectivity index is 1.69. The highest BCUT2D eigenvalue weighted by Crippen LogP contribution is 2.41. The number of hydrogen-bond donors (Lipinski definition) is 1. The first-order valence-electron chi connectivity index (χ1n) is 11.8. The molecule has 14 heteroatoms. The van der Waals surface area contributed by atoms with Gasteiger partial charge in [0, 0.05) is 23.5 Å². The van der Waals surface area contributed by atoms with Gasteiger partial charge in [-0.1, -0.05) is 18.2 Å². The number of aliphatic imine (C=N–C) groups is 1. The fraction of sp³-hybridized carbons (Fsp3) is 0.308. The second-order valence-corrected chi connectivity index (χ2v) is 11.8. The SMILES string of the molecule is Cc1cc(C2=CC=NC(n3cnc(-c4cccc(S(=O)(=O)NC(C)(C)C)c4)c3)N2C(F)(F)F)ccc1C(F)(F)F. The Morgan fingerprint density at radius 2 is 1.65 bits per heavy atom. The van der Waals surface area contributed by atoms with Gasteiger partial charge in [-0.15, -0.1) is 13.2 Å². The van der Waals surface area contributed by atoms with Gasteiger partial charge in [0.2, 0.25) is 16.3 Å². The minimum absolute atomic E-state index is 0.0224. The molecule has 4 rings (SSSR count). The zero-order valence-electron chi connectivity index (χ0n) is 21.7. The maximum absolute atomic E-state index is 14.4. The Labute approximate surface area is 226 Å². The standard InChI is InChI=1S/C26H25F6N5O2S/c1-16-12-18(8-9-20(16)25(27,28)29)22-10-11-33-23(37(22)26(30,31)32)36-14-21(34-15-36)17-6-5-7-19(13-17)40(38,39)35-24(2,3)4/h5-15,23,35H,1-4H3. The van der Waals surface area contributed by atoms with Gasteiger partial charge in [0.05, 0.1) is 28.2 Å². The van der Waals surface area contributed by atoms with E-state index in [0.717, 1.165) is 41.4 Å². The summed E-state index contributed by atoms with van der Waals surface area (Å²) in [6, 6.07) is 8.54. The summed E-state index contributed by atoms with van der Waals surface area (Å²) in [5.74, 6) is 0. The van der Waals surface area contributed by atoms with E-state index in [4.69, 9.17) is 0 Å². The van der Waals surface area contributed by atoms with Crippen LogP contribution in [0.1, 0.15) is 43.8 Å². The smallest absolute Gasteiger partial charge is 0.296 e. The number of halogens is 6. The molecular weight excluding hydrogens is 560 g/mol. The van der Waals surface area contributed by atoms with E-state index in [1.165, 1.54) is 31.3 Å². The van der Waals surface area contributed by atoms with E-state index in [1.54, 1.807) is 26.8 Å². The molecule has 0 bridgehead atoms. The van der Waals surface area contributed by atoms with Crippen molar-refractivity contribution in [1.29, 1.82) is 0 Å². The van der Waals surface area contributed by atoms with Crippen LogP contribution >= 0.6 is 0 Å². The van der Waals surface area contributed by atoms with E-state index < -0.39 is 45.6 Å². The van der Waals surface area contributed by atoms with Crippen LogP contribution in [0.25, 0.3) is 17.0 Å². The van der Waals surface area contributed by atoms with Crippen LogP contribution < -0.4 is 4.72 Å². The molecule has 1 aromatic heterocycles. The number of aryl methyl sites for hydroxylation is 1. The number of allylic oxidation sites excluding steroid dienone is 1. The first-order chi connectivity index (χ1) is 18.4. The topological polar surface area (TPSA) is 79.6 Å². The molecule has 1 aliphatic heterocycles. The Morgan fingerprint density at radius 3 is 2.25 bits per heavy atom. The zero-order valence-corrected chi connectivity index (χ0v) is 22.5. The molecule has 1 N–H and O–H groups in total. The highest BCUT2D eigenvalue weighted by Gasteiger charge is 2.45. The Bertz CT molecular complexity index is 1580. The third-order valence-electron chi connectivity index (χ3n) is 5.79. The van der Waals surface area contributed by atoms with E-state index >= 15 is 0 Å². The Hall–Kier alpha value is -3.65. The maximum atomic E-state index is 14.4. The molecule has 7 nitrogen and oxygen atoms in total. The number of sulfonamides is 1. The van der Waals surface area contributed by atoms with E-state index in [2.05, 4.69) is 14.7 Å². The van der Waals surface area contributed by atoms with Crippen molar-refractivity contribution in [3.63, 3.8) is 0 Å². The summed E-state index contributed by atoms with van der Waals surface area (Å²) in [5.41, 5.74) is -1.88. The van der Waals surface area contributed by atoms with E-state index in [1.807, 2.05) is 0 Å². The summed E-state index contributed by atoms with van der Waals surface area (Å²) in [5, 5.41) is 0. The number of aromatic nitrogens is 2. The monoisotopic (exact) mass is 585 g/mol. The number of alkyl halides is 6. The molecule has 3 aromatic rings. The minimum atomic E-state index is -4.97. The third kappa shape index (κ3) is 6.22. The van der Waals surface area contributed by atoms with Gasteiger partial charge in [-0.05, 0) is 69.2 Å². The fourth-order valence-electron chi connectivity index (χ4n) is 4.21. The molecule has 0 saturated carbocycles. The van der Waals surface area contributed by atoms with Crippen molar-refractivity contribution in [3.05, 3.63) is 77.8 Å². The van der Waals surface area contributed by atoms with Crippen LogP contribution in [0.3, 0.4) is 0 Å². The molecular formula is C26H25F6N5O2S. The quantitative estimate of drug-likeness (QED) is 0.279. The number of benzene rings is 2. The van der Waals surface area contributed by atoms with Gasteiger partial charge in [0.1, 0.15) is 0 Å². The minimum Gasteiger partial charge on any atom is -0.296 e. The van der Waals surface area contributed by atoms with Crippen LogP contribution in [0.15, 0.2) is 71.0 Å². The Morgan fingerprint density at radius 1 is 0.950 bits per heavy atom. The molecule has 40 heavy (non-hydrogen) atoms. The molecule has 0 amide bonds. The molecule has 214 valence electrons. The van der Waals surface area contributed by atoms with E-state index in [0.29, 0.717) is 5.56 Å². The Kier molecular flexibility index (Phi) is 7.39. The molecule has 1 atom stereocenters. The van der Waals surface area contributed by atoms with Crippen molar-refractivity contribution in [2.75, 3.05) is 0 Å². The van der Waals surface area contributed by atoms with Crippen LogP contribution in [-0.4, -0.2) is 40.9 Å². The van der Waals surface area contributed by atoms with Gasteiger partial charge in [0.15, 0.2) is 0 Å². The predicted molar refractivity (Wildman–Crippen MR) is 137 cm³/mol. The average molecular weight is 586 g/mol. The van der Waals surface area contributed by atoms with Gasteiger partial charge in [-0.3, -0.25) is 4.57 Å². The number of imidazole rings is 1. The summed E-state index contributed by atoms with van der Waals surface area (Å²) >= 11 is 0. The van der Waals surface area contributed by atoms with Crippen molar-refractivity contribution in [1.82, 2.24) is 19.2 Å². The molecule has 0 saturated heterocycles. The van der Waals surface area contributed by atoms with E-state index in [-0.39, 0.29) is 26.6 Å². The van der Waals surface area contributed by atoms with Crippen molar-refractivity contribution in [2.45, 2.75) is 56.9 Å². The van der Waals surface area contributed by atoms with Gasteiger partial charge in [-0.25, -0.2) is 28.0 Å². The normalized spacial score (nSPS) is 16.8. The predicted octanol–water partition coefficient (Wildman–Crippen LogP) is 6.36. The van der Waals surface area contributed by atoms with Crippen molar-refractivity contribution >= 4 is 21.9 Å². The van der Waals surface area contributed by atoms with Gasteiger partial charge < -0.3 is 0 Å². The average Bonchev–Trinajstić information content (AvgIpc) is 3.31.